The Balaban J connectivity index is 1.41. The van der Waals surface area contributed by atoms with Crippen LogP contribution in [0.1, 0.15) is 106 Å². The molecule has 3 rings (SSSR count). The number of nitrogens with one attached hydrogen (secondary N) is 3. The Labute approximate surface area is 286 Å². The van der Waals surface area contributed by atoms with Gasteiger partial charge in [-0.2, -0.15) is 0 Å². The molecule has 10 heteroatoms. The summed E-state index contributed by atoms with van der Waals surface area (Å²) in [4.78, 5) is 55.9. The van der Waals surface area contributed by atoms with E-state index in [9.17, 15) is 19.2 Å². The summed E-state index contributed by atoms with van der Waals surface area (Å²) in [5, 5.41) is 5.34. The number of benzene rings is 3. The number of carbonyl (C=O) groups excluding carboxylic acids is 4. The summed E-state index contributed by atoms with van der Waals surface area (Å²) in [6.07, 6.45) is 3.77. The third kappa shape index (κ3) is 11.2. The van der Waals surface area contributed by atoms with E-state index in [-0.39, 0.29) is 11.8 Å². The smallest absolute Gasteiger partial charge is 0.261 e. The number of imide groups is 1. The van der Waals surface area contributed by atoms with Crippen LogP contribution in [0.5, 0.6) is 5.75 Å². The number of unbranched alkanes of at least 4 members (excludes halogenated alkanes) is 3. The van der Waals surface area contributed by atoms with Crippen molar-refractivity contribution < 1.29 is 28.4 Å². The van der Waals surface area contributed by atoms with Crippen LogP contribution in [0.15, 0.2) is 78.9 Å². The summed E-state index contributed by atoms with van der Waals surface area (Å²) in [6, 6.07) is 23.1. The van der Waals surface area contributed by atoms with E-state index in [4.69, 9.17) is 9.26 Å². The first-order valence-corrected chi connectivity index (χ1v) is 19.1. The predicted octanol–water partition coefficient (Wildman–Crippen LogP) is 8.34. The second-order valence-corrected chi connectivity index (χ2v) is 18.4. The first kappa shape index (κ1) is 38.2. The number of hydrogen-bond acceptors (Lipinski definition) is 6. The minimum atomic E-state index is -2.32. The molecule has 0 aliphatic rings. The monoisotopic (exact) mass is 673 g/mol. The highest BCUT2D eigenvalue weighted by molar-refractivity contribution is 6.78. The van der Waals surface area contributed by atoms with Crippen LogP contribution in [0, 0.1) is 0 Å². The van der Waals surface area contributed by atoms with E-state index in [1.54, 1.807) is 42.5 Å². The lowest BCUT2D eigenvalue weighted by Crippen LogP contribution is -2.51. The molecule has 4 amide bonds. The van der Waals surface area contributed by atoms with Crippen molar-refractivity contribution in [2.75, 3.05) is 5.32 Å². The van der Waals surface area contributed by atoms with E-state index in [0.29, 0.717) is 71.5 Å². The Morgan fingerprint density at radius 1 is 0.646 bits per heavy atom. The van der Waals surface area contributed by atoms with E-state index in [2.05, 4.69) is 57.7 Å². The second-order valence-electron chi connectivity index (χ2n) is 13.0. The number of hydroxylamine groups is 1. The van der Waals surface area contributed by atoms with Crippen LogP contribution in [0.2, 0.25) is 16.6 Å². The summed E-state index contributed by atoms with van der Waals surface area (Å²) < 4.78 is 6.77. The molecule has 0 aromatic heterocycles. The van der Waals surface area contributed by atoms with E-state index in [0.717, 1.165) is 18.4 Å². The molecule has 0 saturated heterocycles. The number of amides is 4. The van der Waals surface area contributed by atoms with Gasteiger partial charge in [-0.1, -0.05) is 96.8 Å². The highest BCUT2D eigenvalue weighted by Gasteiger charge is 2.47. The van der Waals surface area contributed by atoms with Crippen molar-refractivity contribution in [1.82, 2.24) is 10.8 Å². The van der Waals surface area contributed by atoms with Crippen molar-refractivity contribution in [2.45, 2.75) is 103 Å². The average molecular weight is 674 g/mol. The first-order valence-electron chi connectivity index (χ1n) is 16.9. The van der Waals surface area contributed by atoms with Gasteiger partial charge in [0.2, 0.25) is 11.8 Å². The molecule has 0 saturated carbocycles. The summed E-state index contributed by atoms with van der Waals surface area (Å²) in [7, 11) is -2.32. The topological polar surface area (TPSA) is 123 Å². The van der Waals surface area contributed by atoms with Crippen molar-refractivity contribution in [3.8, 4) is 5.75 Å². The highest BCUT2D eigenvalue weighted by atomic mass is 28.4. The normalized spacial score (nSPS) is 11.4. The standard InChI is InChI=1S/C38H51N3O6Si/c1-27(2)48(28(3)4,29(5)6)47-34-19-15-14-18-33(34)38(45)40-37(44)31-22-24-32(25-23-31)39-35(42)20-12-7-8-13-21-36(43)41-46-26-30-16-10-9-11-17-30/h9-11,14-19,22-25,27-29H,7-8,12-13,20-21,26H2,1-6H3,(H,39,42)(H,41,43)(H,40,44,45). The molecule has 0 heterocycles. The molecule has 0 unspecified atom stereocenters. The van der Waals surface area contributed by atoms with Gasteiger partial charge in [0.05, 0.1) is 12.2 Å². The maximum Gasteiger partial charge on any atom is 0.261 e. The first-order chi connectivity index (χ1) is 22.9. The van der Waals surface area contributed by atoms with Crippen LogP contribution < -0.4 is 20.5 Å². The lowest BCUT2D eigenvalue weighted by Gasteiger charge is -2.42. The molecule has 0 fully saturated rings. The summed E-state index contributed by atoms with van der Waals surface area (Å²) in [6.45, 7) is 13.4. The van der Waals surface area contributed by atoms with E-state index in [1.807, 2.05) is 36.4 Å². The van der Waals surface area contributed by atoms with Gasteiger partial charge in [-0.3, -0.25) is 29.3 Å². The zero-order valence-corrected chi connectivity index (χ0v) is 30.1. The number of carbonyl (C=O) groups is 4. The molecule has 0 aliphatic carbocycles. The molecule has 258 valence electrons. The molecular formula is C38H51N3O6Si. The van der Waals surface area contributed by atoms with Crippen LogP contribution in [0.25, 0.3) is 0 Å². The Morgan fingerprint density at radius 3 is 1.81 bits per heavy atom. The maximum atomic E-state index is 13.3. The SMILES string of the molecule is CC(C)[Si](Oc1ccccc1C(=O)NC(=O)c1ccc(NC(=O)CCCCCCC(=O)NOCc2ccccc2)cc1)(C(C)C)C(C)C. The molecule has 0 atom stereocenters. The lowest BCUT2D eigenvalue weighted by molar-refractivity contribution is -0.134. The molecule has 3 aromatic rings. The molecular weight excluding hydrogens is 623 g/mol. The predicted molar refractivity (Wildman–Crippen MR) is 192 cm³/mol. The Morgan fingerprint density at radius 2 is 1.21 bits per heavy atom. The summed E-state index contributed by atoms with van der Waals surface area (Å²) in [5.41, 5.74) is 5.60. The Hall–Kier alpha value is -4.28. The zero-order chi connectivity index (χ0) is 35.1. The quantitative estimate of drug-likeness (QED) is 0.0540. The molecule has 3 aromatic carbocycles. The third-order valence-electron chi connectivity index (χ3n) is 8.61. The molecule has 0 aliphatic heterocycles. The largest absolute Gasteiger partial charge is 0.542 e. The van der Waals surface area contributed by atoms with E-state index in [1.165, 1.54) is 0 Å². The minimum absolute atomic E-state index is 0.130. The lowest BCUT2D eigenvalue weighted by atomic mass is 10.1. The summed E-state index contributed by atoms with van der Waals surface area (Å²) >= 11 is 0. The number of anilines is 1. The Bertz CT molecular complexity index is 1470. The third-order valence-corrected chi connectivity index (χ3v) is 14.6. The molecule has 9 nitrogen and oxygen atoms in total. The van der Waals surface area contributed by atoms with E-state index >= 15 is 0 Å². The van der Waals surface area contributed by atoms with Crippen LogP contribution >= 0.6 is 0 Å². The highest BCUT2D eigenvalue weighted by Crippen LogP contribution is 2.43. The zero-order valence-electron chi connectivity index (χ0n) is 29.1. The molecule has 0 spiro atoms. The van der Waals surface area contributed by atoms with Gasteiger partial charge in [-0.15, -0.1) is 0 Å². The average Bonchev–Trinajstić information content (AvgIpc) is 3.05. The van der Waals surface area contributed by atoms with Crippen molar-refractivity contribution >= 4 is 37.6 Å². The number of hydrogen-bond donors (Lipinski definition) is 3. The maximum absolute atomic E-state index is 13.3. The molecule has 0 radical (unpaired) electrons. The van der Waals surface area contributed by atoms with Gasteiger partial charge in [0.25, 0.3) is 20.1 Å². The number of para-hydroxylation sites is 1. The Kier molecular flexibility index (Phi) is 15.0. The van der Waals surface area contributed by atoms with Crippen molar-refractivity contribution in [2.24, 2.45) is 0 Å². The molecule has 3 N–H and O–H groups in total. The van der Waals surface area contributed by atoms with Crippen LogP contribution in [0.3, 0.4) is 0 Å². The van der Waals surface area contributed by atoms with Gasteiger partial charge >= 0.3 is 0 Å². The van der Waals surface area contributed by atoms with Gasteiger partial charge in [-0.25, -0.2) is 5.48 Å². The van der Waals surface area contributed by atoms with Crippen molar-refractivity contribution in [3.63, 3.8) is 0 Å². The summed E-state index contributed by atoms with van der Waals surface area (Å²) in [5.74, 6) is -0.854. The number of rotatable bonds is 18. The van der Waals surface area contributed by atoms with Crippen LogP contribution in [-0.4, -0.2) is 31.9 Å². The van der Waals surface area contributed by atoms with Gasteiger partial charge in [0.15, 0.2) is 0 Å². The fourth-order valence-electron chi connectivity index (χ4n) is 6.21. The molecule has 48 heavy (non-hydrogen) atoms. The molecule has 0 bridgehead atoms. The van der Waals surface area contributed by atoms with Gasteiger partial charge in [0, 0.05) is 24.1 Å². The van der Waals surface area contributed by atoms with Crippen LogP contribution in [0.4, 0.5) is 5.69 Å². The van der Waals surface area contributed by atoms with Crippen molar-refractivity contribution in [3.05, 3.63) is 95.6 Å². The fourth-order valence-corrected chi connectivity index (χ4v) is 11.5. The second kappa shape index (κ2) is 18.9. The van der Waals surface area contributed by atoms with Crippen molar-refractivity contribution in [1.29, 1.82) is 0 Å². The minimum Gasteiger partial charge on any atom is -0.542 e. The van der Waals surface area contributed by atoms with Gasteiger partial charge in [0.1, 0.15) is 5.75 Å². The van der Waals surface area contributed by atoms with Crippen LogP contribution in [-0.2, 0) is 21.0 Å². The van der Waals surface area contributed by atoms with E-state index < -0.39 is 20.1 Å². The fraction of sp³-hybridized carbons (Fsp3) is 0.421. The van der Waals surface area contributed by atoms with Gasteiger partial charge in [-0.05, 0) is 71.4 Å². The van der Waals surface area contributed by atoms with Gasteiger partial charge < -0.3 is 9.74 Å².